The molecular weight excluding hydrogens is 184 g/mol. The molecule has 1 aromatic heterocycles. The van der Waals surface area contributed by atoms with Gasteiger partial charge in [0.2, 0.25) is 0 Å². The van der Waals surface area contributed by atoms with Crippen LogP contribution < -0.4 is 5.73 Å². The minimum Gasteiger partial charge on any atom is -0.399 e. The third-order valence-electron chi connectivity index (χ3n) is 3.27. The van der Waals surface area contributed by atoms with E-state index < -0.39 is 0 Å². The van der Waals surface area contributed by atoms with Crippen LogP contribution in [0.4, 0.5) is 5.69 Å². The van der Waals surface area contributed by atoms with E-state index in [1.807, 2.05) is 6.07 Å². The quantitative estimate of drug-likeness (QED) is 0.758. The van der Waals surface area contributed by atoms with E-state index in [9.17, 15) is 0 Å². The van der Waals surface area contributed by atoms with Crippen molar-refractivity contribution in [3.8, 4) is 0 Å². The number of benzene rings is 1. The van der Waals surface area contributed by atoms with Gasteiger partial charge in [-0.15, -0.1) is 0 Å². The summed E-state index contributed by atoms with van der Waals surface area (Å²) < 4.78 is 2.32. The minimum absolute atomic E-state index is 0.855. The van der Waals surface area contributed by atoms with Gasteiger partial charge < -0.3 is 10.3 Å². The van der Waals surface area contributed by atoms with Crippen LogP contribution in [0, 0.1) is 5.92 Å². The van der Waals surface area contributed by atoms with Crippen molar-refractivity contribution < 1.29 is 0 Å². The Morgan fingerprint density at radius 3 is 2.93 bits per heavy atom. The molecular formula is C13H16N2. The lowest BCUT2D eigenvalue weighted by Gasteiger charge is -2.04. The number of nitrogen functional groups attached to an aromatic ring is 1. The second-order valence-corrected chi connectivity index (χ2v) is 4.56. The average Bonchev–Trinajstić information content (AvgIpc) is 2.97. The molecule has 1 aromatic carbocycles. The van der Waals surface area contributed by atoms with E-state index in [0.717, 1.165) is 18.2 Å². The number of hydrogen-bond donors (Lipinski definition) is 1. The largest absolute Gasteiger partial charge is 0.399 e. The van der Waals surface area contributed by atoms with Gasteiger partial charge >= 0.3 is 0 Å². The first-order chi connectivity index (χ1) is 7.33. The molecule has 0 atom stereocenters. The van der Waals surface area contributed by atoms with Crippen molar-refractivity contribution in [3.63, 3.8) is 0 Å². The third kappa shape index (κ3) is 1.72. The van der Waals surface area contributed by atoms with Gasteiger partial charge in [-0.25, -0.2) is 0 Å². The van der Waals surface area contributed by atoms with E-state index in [4.69, 9.17) is 5.73 Å². The molecule has 0 radical (unpaired) electrons. The Bertz CT molecular complexity index is 480. The maximum atomic E-state index is 5.81. The number of rotatable bonds is 3. The topological polar surface area (TPSA) is 30.9 Å². The fraction of sp³-hybridized carbons (Fsp3) is 0.385. The fourth-order valence-corrected chi connectivity index (χ4v) is 2.12. The molecule has 0 amide bonds. The SMILES string of the molecule is Nc1ccc2ccn(CCC3CC3)c2c1. The monoisotopic (exact) mass is 200 g/mol. The fourth-order valence-electron chi connectivity index (χ4n) is 2.12. The Morgan fingerprint density at radius 2 is 2.13 bits per heavy atom. The molecule has 0 bridgehead atoms. The molecule has 1 saturated carbocycles. The first kappa shape index (κ1) is 8.84. The molecule has 78 valence electrons. The number of nitrogens with two attached hydrogens (primary N) is 1. The Labute approximate surface area is 89.7 Å². The van der Waals surface area contributed by atoms with Gasteiger partial charge in [0.05, 0.1) is 5.52 Å². The zero-order chi connectivity index (χ0) is 10.3. The number of anilines is 1. The highest BCUT2D eigenvalue weighted by molar-refractivity contribution is 5.83. The van der Waals surface area contributed by atoms with Gasteiger partial charge in [-0.3, -0.25) is 0 Å². The Morgan fingerprint density at radius 1 is 1.27 bits per heavy atom. The van der Waals surface area contributed by atoms with Crippen molar-refractivity contribution in [3.05, 3.63) is 30.5 Å². The standard InChI is InChI=1S/C13H16N2/c14-12-4-3-11-6-8-15(13(11)9-12)7-5-10-1-2-10/h3-4,6,8-10H,1-2,5,7,14H2. The summed E-state index contributed by atoms with van der Waals surface area (Å²) in [5, 5.41) is 1.29. The lowest BCUT2D eigenvalue weighted by Crippen LogP contribution is -1.97. The molecule has 2 aromatic rings. The molecule has 3 rings (SSSR count). The van der Waals surface area contributed by atoms with Crippen molar-refractivity contribution in [2.24, 2.45) is 5.92 Å². The van der Waals surface area contributed by atoms with Crippen molar-refractivity contribution in [2.45, 2.75) is 25.8 Å². The second-order valence-electron chi connectivity index (χ2n) is 4.56. The van der Waals surface area contributed by atoms with E-state index in [2.05, 4.69) is 29.0 Å². The Hall–Kier alpha value is -1.44. The van der Waals surface area contributed by atoms with Crippen molar-refractivity contribution in [1.29, 1.82) is 0 Å². The van der Waals surface area contributed by atoms with Crippen molar-refractivity contribution >= 4 is 16.6 Å². The summed E-state index contributed by atoms with van der Waals surface area (Å²) in [6.45, 7) is 1.14. The van der Waals surface area contributed by atoms with Crippen molar-refractivity contribution in [1.82, 2.24) is 4.57 Å². The lowest BCUT2D eigenvalue weighted by molar-refractivity contribution is 0.611. The molecule has 2 heteroatoms. The van der Waals surface area contributed by atoms with Gasteiger partial charge in [-0.05, 0) is 35.9 Å². The summed E-state index contributed by atoms with van der Waals surface area (Å²) in [4.78, 5) is 0. The van der Waals surface area contributed by atoms with Crippen LogP contribution in [0.2, 0.25) is 0 Å². The lowest BCUT2D eigenvalue weighted by atomic mass is 10.2. The van der Waals surface area contributed by atoms with Gasteiger partial charge in [0.1, 0.15) is 0 Å². The van der Waals surface area contributed by atoms with Gasteiger partial charge in [0.15, 0.2) is 0 Å². The summed E-state index contributed by atoms with van der Waals surface area (Å²) in [6.07, 6.45) is 6.35. The summed E-state index contributed by atoms with van der Waals surface area (Å²) >= 11 is 0. The van der Waals surface area contributed by atoms with Crippen LogP contribution in [-0.2, 0) is 6.54 Å². The zero-order valence-electron chi connectivity index (χ0n) is 8.82. The number of hydrogen-bond acceptors (Lipinski definition) is 1. The number of fused-ring (bicyclic) bond motifs is 1. The molecule has 0 aliphatic heterocycles. The smallest absolute Gasteiger partial charge is 0.0500 e. The van der Waals surface area contributed by atoms with Crippen LogP contribution in [0.1, 0.15) is 19.3 Å². The van der Waals surface area contributed by atoms with Gasteiger partial charge in [0, 0.05) is 18.4 Å². The maximum absolute atomic E-state index is 5.81. The number of aromatic nitrogens is 1. The van der Waals surface area contributed by atoms with E-state index >= 15 is 0 Å². The summed E-state index contributed by atoms with van der Waals surface area (Å²) in [7, 11) is 0. The normalized spacial score (nSPS) is 16.0. The molecule has 1 fully saturated rings. The first-order valence-electron chi connectivity index (χ1n) is 5.67. The molecule has 2 N–H and O–H groups in total. The summed E-state index contributed by atoms with van der Waals surface area (Å²) in [5.74, 6) is 0.989. The summed E-state index contributed by atoms with van der Waals surface area (Å²) in [6, 6.07) is 8.30. The van der Waals surface area contributed by atoms with E-state index in [1.165, 1.54) is 30.2 Å². The van der Waals surface area contributed by atoms with Gasteiger partial charge in [0.25, 0.3) is 0 Å². The molecule has 1 heterocycles. The predicted octanol–water partition coefficient (Wildman–Crippen LogP) is 3.02. The summed E-state index contributed by atoms with van der Waals surface area (Å²) in [5.41, 5.74) is 7.94. The van der Waals surface area contributed by atoms with E-state index in [-0.39, 0.29) is 0 Å². The molecule has 0 saturated heterocycles. The molecule has 15 heavy (non-hydrogen) atoms. The van der Waals surface area contributed by atoms with Crippen LogP contribution in [0.3, 0.4) is 0 Å². The van der Waals surface area contributed by atoms with E-state index in [0.29, 0.717) is 0 Å². The van der Waals surface area contributed by atoms with Crippen LogP contribution >= 0.6 is 0 Å². The van der Waals surface area contributed by atoms with Gasteiger partial charge in [-0.1, -0.05) is 18.9 Å². The van der Waals surface area contributed by atoms with E-state index in [1.54, 1.807) is 0 Å². The molecule has 1 aliphatic rings. The second kappa shape index (κ2) is 3.30. The Balaban J connectivity index is 1.91. The highest BCUT2D eigenvalue weighted by Crippen LogP contribution is 2.33. The zero-order valence-corrected chi connectivity index (χ0v) is 8.82. The number of nitrogens with zero attached hydrogens (tertiary/aromatic N) is 1. The minimum atomic E-state index is 0.855. The van der Waals surface area contributed by atoms with Crippen LogP contribution in [0.15, 0.2) is 30.5 Å². The average molecular weight is 200 g/mol. The van der Waals surface area contributed by atoms with Crippen LogP contribution in [0.25, 0.3) is 10.9 Å². The van der Waals surface area contributed by atoms with Crippen LogP contribution in [-0.4, -0.2) is 4.57 Å². The third-order valence-corrected chi connectivity index (χ3v) is 3.27. The van der Waals surface area contributed by atoms with Crippen molar-refractivity contribution in [2.75, 3.05) is 5.73 Å². The maximum Gasteiger partial charge on any atom is 0.0500 e. The molecule has 1 aliphatic carbocycles. The molecule has 2 nitrogen and oxygen atoms in total. The number of aryl methyl sites for hydroxylation is 1. The first-order valence-corrected chi connectivity index (χ1v) is 5.67. The highest BCUT2D eigenvalue weighted by atomic mass is 15.0. The predicted molar refractivity (Wildman–Crippen MR) is 63.7 cm³/mol. The Kier molecular flexibility index (Phi) is 1.94. The molecule has 0 unspecified atom stereocenters. The van der Waals surface area contributed by atoms with Gasteiger partial charge in [-0.2, -0.15) is 0 Å². The van der Waals surface area contributed by atoms with Crippen LogP contribution in [0.5, 0.6) is 0 Å². The molecule has 0 spiro atoms. The highest BCUT2D eigenvalue weighted by Gasteiger charge is 2.20.